The highest BCUT2D eigenvalue weighted by atomic mass is 35.7. The molecule has 0 radical (unpaired) electrons. The Labute approximate surface area is 113 Å². The third-order valence-electron chi connectivity index (χ3n) is 2.72. The van der Waals surface area contributed by atoms with Crippen LogP contribution < -0.4 is 0 Å². The van der Waals surface area contributed by atoms with Crippen molar-refractivity contribution in [2.24, 2.45) is 0 Å². The van der Waals surface area contributed by atoms with Crippen LogP contribution >= 0.6 is 10.7 Å². The van der Waals surface area contributed by atoms with Gasteiger partial charge in [-0.25, -0.2) is 13.2 Å². The first-order valence-corrected chi connectivity index (χ1v) is 8.38. The summed E-state index contributed by atoms with van der Waals surface area (Å²) < 4.78 is 27.8. The van der Waals surface area contributed by atoms with Gasteiger partial charge < -0.3 is 9.64 Å². The lowest BCUT2D eigenvalue weighted by Gasteiger charge is -2.26. The predicted octanol–water partition coefficient (Wildman–Crippen LogP) is 2.34. The molecule has 1 atom stereocenters. The van der Waals surface area contributed by atoms with Gasteiger partial charge in [-0.15, -0.1) is 0 Å². The lowest BCUT2D eigenvalue weighted by atomic mass is 10.2. The molecule has 0 aromatic carbocycles. The summed E-state index contributed by atoms with van der Waals surface area (Å²) in [6.45, 7) is 6.28. The zero-order chi connectivity index (χ0) is 14.0. The van der Waals surface area contributed by atoms with Crippen LogP contribution in [-0.4, -0.2) is 43.4 Å². The molecule has 106 valence electrons. The van der Waals surface area contributed by atoms with Gasteiger partial charge in [0.05, 0.1) is 5.25 Å². The van der Waals surface area contributed by atoms with Gasteiger partial charge in [-0.3, -0.25) is 0 Å². The van der Waals surface area contributed by atoms with Crippen molar-refractivity contribution >= 4 is 25.8 Å². The lowest BCUT2D eigenvalue weighted by Crippen LogP contribution is -2.37. The first kappa shape index (κ1) is 15.6. The molecule has 5 nitrogen and oxygen atoms in total. The van der Waals surface area contributed by atoms with Gasteiger partial charge in [0.15, 0.2) is 0 Å². The van der Waals surface area contributed by atoms with Crippen molar-refractivity contribution in [1.29, 1.82) is 0 Å². The first-order valence-electron chi connectivity index (χ1n) is 6.01. The van der Waals surface area contributed by atoms with E-state index in [0.717, 1.165) is 0 Å². The Hall–Kier alpha value is -0.490. The maximum atomic E-state index is 11.8. The lowest BCUT2D eigenvalue weighted by molar-refractivity contribution is 0.0257. The van der Waals surface area contributed by atoms with Gasteiger partial charge in [-0.1, -0.05) is 0 Å². The van der Waals surface area contributed by atoms with E-state index in [0.29, 0.717) is 32.4 Å². The van der Waals surface area contributed by atoms with Gasteiger partial charge in [0.1, 0.15) is 5.60 Å². The summed E-state index contributed by atoms with van der Waals surface area (Å²) in [6, 6.07) is 0. The monoisotopic (exact) mass is 297 g/mol. The number of amides is 1. The Bertz CT molecular complexity index is 402. The topological polar surface area (TPSA) is 63.7 Å². The third-order valence-corrected chi connectivity index (χ3v) is 4.75. The minimum Gasteiger partial charge on any atom is -0.444 e. The second-order valence-corrected chi connectivity index (χ2v) is 8.40. The Morgan fingerprint density at radius 2 is 1.89 bits per heavy atom. The average Bonchev–Trinajstić information content (AvgIpc) is 2.38. The van der Waals surface area contributed by atoms with Crippen LogP contribution in [0.4, 0.5) is 4.79 Å². The molecular formula is C11H20ClNO4S. The van der Waals surface area contributed by atoms with Gasteiger partial charge >= 0.3 is 6.09 Å². The molecular weight excluding hydrogens is 278 g/mol. The van der Waals surface area contributed by atoms with Crippen molar-refractivity contribution in [1.82, 2.24) is 4.90 Å². The summed E-state index contributed by atoms with van der Waals surface area (Å²) >= 11 is 0. The third kappa shape index (κ3) is 5.02. The van der Waals surface area contributed by atoms with Gasteiger partial charge in [-0.2, -0.15) is 0 Å². The van der Waals surface area contributed by atoms with E-state index in [9.17, 15) is 13.2 Å². The molecule has 0 spiro atoms. The van der Waals surface area contributed by atoms with Crippen LogP contribution in [0.1, 0.15) is 40.0 Å². The van der Waals surface area contributed by atoms with Crippen LogP contribution in [0.15, 0.2) is 0 Å². The molecule has 18 heavy (non-hydrogen) atoms. The molecule has 1 heterocycles. The summed E-state index contributed by atoms with van der Waals surface area (Å²) in [7, 11) is 1.82. The van der Waals surface area contributed by atoms with Crippen LogP contribution in [0.2, 0.25) is 0 Å². The summed E-state index contributed by atoms with van der Waals surface area (Å²) in [5.74, 6) is 0. The number of carbonyl (C=O) groups is 1. The number of rotatable bonds is 1. The number of carbonyl (C=O) groups excluding carboxylic acids is 1. The van der Waals surface area contributed by atoms with E-state index in [1.807, 2.05) is 0 Å². The average molecular weight is 298 g/mol. The van der Waals surface area contributed by atoms with Crippen molar-refractivity contribution in [3.63, 3.8) is 0 Å². The first-order chi connectivity index (χ1) is 8.09. The molecule has 0 bridgehead atoms. The largest absolute Gasteiger partial charge is 0.444 e. The Morgan fingerprint density at radius 1 is 1.28 bits per heavy atom. The number of likely N-dealkylation sites (tertiary alicyclic amines) is 1. The molecule has 0 aliphatic carbocycles. The van der Waals surface area contributed by atoms with Crippen LogP contribution in [-0.2, 0) is 13.8 Å². The summed E-state index contributed by atoms with van der Waals surface area (Å²) in [4.78, 5) is 13.4. The standard InChI is InChI=1S/C11H20ClNO4S/c1-11(2,3)17-10(14)13-7-4-5-9(6-8-13)18(12,15)16/h9H,4-8H2,1-3H3/t9-/m0/s1. The van der Waals surface area contributed by atoms with E-state index in [-0.39, 0.29) is 0 Å². The number of nitrogens with zero attached hydrogens (tertiary/aromatic N) is 1. The summed E-state index contributed by atoms with van der Waals surface area (Å²) in [5, 5.41) is -0.563. The maximum absolute atomic E-state index is 11.8. The van der Waals surface area contributed by atoms with Crippen molar-refractivity contribution in [2.75, 3.05) is 13.1 Å². The van der Waals surface area contributed by atoms with E-state index < -0.39 is 26.0 Å². The molecule has 0 aromatic rings. The van der Waals surface area contributed by atoms with Crippen molar-refractivity contribution in [2.45, 2.75) is 50.9 Å². The smallest absolute Gasteiger partial charge is 0.410 e. The van der Waals surface area contributed by atoms with Gasteiger partial charge in [0.2, 0.25) is 9.05 Å². The molecule has 1 fully saturated rings. The molecule has 1 amide bonds. The predicted molar refractivity (Wildman–Crippen MR) is 70.2 cm³/mol. The van der Waals surface area contributed by atoms with E-state index in [2.05, 4.69) is 0 Å². The SMILES string of the molecule is CC(C)(C)OC(=O)N1CCC[C@H](S(=O)(=O)Cl)CC1. The second-order valence-electron chi connectivity index (χ2n) is 5.50. The molecule has 0 aromatic heterocycles. The fourth-order valence-corrected chi connectivity index (χ4v) is 3.23. The fourth-order valence-electron chi connectivity index (χ4n) is 1.86. The van der Waals surface area contributed by atoms with E-state index in [1.54, 1.807) is 25.7 Å². The van der Waals surface area contributed by atoms with Crippen molar-refractivity contribution in [3.8, 4) is 0 Å². The molecule has 0 N–H and O–H groups in total. The van der Waals surface area contributed by atoms with Crippen LogP contribution in [0.3, 0.4) is 0 Å². The minimum absolute atomic E-state index is 0.366. The van der Waals surface area contributed by atoms with Gasteiger partial charge in [-0.05, 0) is 40.0 Å². The molecule has 0 unspecified atom stereocenters. The second kappa shape index (κ2) is 5.65. The van der Waals surface area contributed by atoms with Crippen LogP contribution in [0.5, 0.6) is 0 Å². The van der Waals surface area contributed by atoms with Crippen molar-refractivity contribution in [3.05, 3.63) is 0 Å². The zero-order valence-corrected chi connectivity index (χ0v) is 12.6. The molecule has 7 heteroatoms. The zero-order valence-electron chi connectivity index (χ0n) is 11.0. The Morgan fingerprint density at radius 3 is 2.39 bits per heavy atom. The molecule has 1 aliphatic heterocycles. The summed E-state index contributed by atoms with van der Waals surface area (Å²) in [5.41, 5.74) is -0.540. The number of hydrogen-bond acceptors (Lipinski definition) is 4. The van der Waals surface area contributed by atoms with Crippen LogP contribution in [0.25, 0.3) is 0 Å². The number of halogens is 1. The fraction of sp³-hybridized carbons (Fsp3) is 0.909. The highest BCUT2D eigenvalue weighted by Gasteiger charge is 2.29. The number of hydrogen-bond donors (Lipinski definition) is 0. The maximum Gasteiger partial charge on any atom is 0.410 e. The quantitative estimate of drug-likeness (QED) is 0.697. The van der Waals surface area contributed by atoms with E-state index in [1.165, 1.54) is 0 Å². The molecule has 1 aliphatic rings. The van der Waals surface area contributed by atoms with E-state index in [4.69, 9.17) is 15.4 Å². The van der Waals surface area contributed by atoms with Gasteiger partial charge in [0, 0.05) is 23.8 Å². The van der Waals surface area contributed by atoms with E-state index >= 15 is 0 Å². The number of ether oxygens (including phenoxy) is 1. The molecule has 1 saturated heterocycles. The Kier molecular flexibility index (Phi) is 4.89. The normalized spacial score (nSPS) is 22.4. The summed E-state index contributed by atoms with van der Waals surface area (Å²) in [6.07, 6.45) is 1.08. The Balaban J connectivity index is 2.60. The highest BCUT2D eigenvalue weighted by Crippen LogP contribution is 2.22. The minimum atomic E-state index is -3.54. The van der Waals surface area contributed by atoms with Crippen LogP contribution in [0, 0.1) is 0 Å². The molecule has 1 rings (SSSR count). The van der Waals surface area contributed by atoms with Crippen molar-refractivity contribution < 1.29 is 17.9 Å². The highest BCUT2D eigenvalue weighted by molar-refractivity contribution is 8.14. The van der Waals surface area contributed by atoms with Gasteiger partial charge in [0.25, 0.3) is 0 Å². The molecule has 0 saturated carbocycles.